The lowest BCUT2D eigenvalue weighted by Gasteiger charge is -2.08. The molecular weight excluding hydrogens is 366 g/mol. The standard InChI is InChI=1S/C18H13Cl2FN2O2/c1-10-15(18(24)22-9-11-5-2-3-6-12(11)19)17(23-25-10)16-13(20)7-4-8-14(16)21/h2-8H,9H2,1H3,(H,22,24). The van der Waals surface area contributed by atoms with Gasteiger partial charge in [0, 0.05) is 11.6 Å². The maximum absolute atomic E-state index is 14.2. The highest BCUT2D eigenvalue weighted by molar-refractivity contribution is 6.33. The maximum Gasteiger partial charge on any atom is 0.257 e. The molecule has 0 fully saturated rings. The molecule has 4 nitrogen and oxygen atoms in total. The first-order valence-electron chi connectivity index (χ1n) is 7.41. The van der Waals surface area contributed by atoms with Crippen LogP contribution in [0.5, 0.6) is 0 Å². The number of rotatable bonds is 4. The number of nitrogens with zero attached hydrogens (tertiary/aromatic N) is 1. The second-order valence-electron chi connectivity index (χ2n) is 5.33. The van der Waals surface area contributed by atoms with Gasteiger partial charge in [-0.3, -0.25) is 4.79 Å². The van der Waals surface area contributed by atoms with E-state index in [9.17, 15) is 9.18 Å². The molecule has 0 aliphatic heterocycles. The Balaban J connectivity index is 1.92. The normalized spacial score (nSPS) is 10.7. The van der Waals surface area contributed by atoms with Crippen LogP contribution < -0.4 is 5.32 Å². The van der Waals surface area contributed by atoms with Gasteiger partial charge in [0.1, 0.15) is 22.8 Å². The number of carbonyl (C=O) groups excluding carboxylic acids is 1. The quantitative estimate of drug-likeness (QED) is 0.692. The van der Waals surface area contributed by atoms with Crippen LogP contribution in [0.3, 0.4) is 0 Å². The van der Waals surface area contributed by atoms with E-state index in [2.05, 4.69) is 10.5 Å². The summed E-state index contributed by atoms with van der Waals surface area (Å²) >= 11 is 12.2. The van der Waals surface area contributed by atoms with Gasteiger partial charge in [-0.05, 0) is 30.7 Å². The summed E-state index contributed by atoms with van der Waals surface area (Å²) in [6, 6.07) is 11.4. The molecule has 1 amide bonds. The molecule has 0 saturated heterocycles. The van der Waals surface area contributed by atoms with Crippen LogP contribution in [0.2, 0.25) is 10.0 Å². The van der Waals surface area contributed by atoms with Gasteiger partial charge in [0.15, 0.2) is 0 Å². The van der Waals surface area contributed by atoms with Gasteiger partial charge in [0.2, 0.25) is 0 Å². The lowest BCUT2D eigenvalue weighted by atomic mass is 10.0. The molecule has 0 unspecified atom stereocenters. The number of hydrogen-bond donors (Lipinski definition) is 1. The number of carbonyl (C=O) groups is 1. The third-order valence-electron chi connectivity index (χ3n) is 3.69. The van der Waals surface area contributed by atoms with E-state index in [-0.39, 0.29) is 34.1 Å². The van der Waals surface area contributed by atoms with E-state index in [1.165, 1.54) is 18.2 Å². The molecule has 3 rings (SSSR count). The Morgan fingerprint density at radius 1 is 1.16 bits per heavy atom. The SMILES string of the molecule is Cc1onc(-c2c(F)cccc2Cl)c1C(=O)NCc1ccccc1Cl. The van der Waals surface area contributed by atoms with Crippen LogP contribution in [0.4, 0.5) is 4.39 Å². The van der Waals surface area contributed by atoms with Gasteiger partial charge in [-0.25, -0.2) is 4.39 Å². The summed E-state index contributed by atoms with van der Waals surface area (Å²) in [5, 5.41) is 7.25. The minimum Gasteiger partial charge on any atom is -0.360 e. The van der Waals surface area contributed by atoms with Crippen molar-refractivity contribution in [2.24, 2.45) is 0 Å². The second-order valence-corrected chi connectivity index (χ2v) is 6.15. The first-order chi connectivity index (χ1) is 12.0. The fourth-order valence-electron chi connectivity index (χ4n) is 2.44. The van der Waals surface area contributed by atoms with E-state index in [1.54, 1.807) is 25.1 Å². The van der Waals surface area contributed by atoms with Crippen molar-refractivity contribution in [1.82, 2.24) is 10.5 Å². The highest BCUT2D eigenvalue weighted by Gasteiger charge is 2.25. The molecule has 0 spiro atoms. The molecule has 0 aliphatic rings. The lowest BCUT2D eigenvalue weighted by molar-refractivity contribution is 0.0950. The fraction of sp³-hybridized carbons (Fsp3) is 0.111. The number of halogens is 3. The first-order valence-corrected chi connectivity index (χ1v) is 8.17. The Kier molecular flexibility index (Phi) is 5.06. The third kappa shape index (κ3) is 3.52. The summed E-state index contributed by atoms with van der Waals surface area (Å²) in [5.74, 6) is -0.764. The molecule has 3 aromatic rings. The zero-order chi connectivity index (χ0) is 18.0. The molecule has 7 heteroatoms. The van der Waals surface area contributed by atoms with Gasteiger partial charge >= 0.3 is 0 Å². The molecule has 1 N–H and O–H groups in total. The number of benzene rings is 2. The molecule has 2 aromatic carbocycles. The van der Waals surface area contributed by atoms with Crippen molar-refractivity contribution < 1.29 is 13.7 Å². The van der Waals surface area contributed by atoms with E-state index in [0.29, 0.717) is 5.02 Å². The zero-order valence-electron chi connectivity index (χ0n) is 13.1. The molecule has 0 aliphatic carbocycles. The average molecular weight is 379 g/mol. The minimum atomic E-state index is -0.582. The van der Waals surface area contributed by atoms with Crippen LogP contribution in [0, 0.1) is 12.7 Å². The Labute approximate surface area is 153 Å². The minimum absolute atomic E-state index is 0.0314. The highest BCUT2D eigenvalue weighted by atomic mass is 35.5. The number of amides is 1. The molecule has 0 bridgehead atoms. The molecular formula is C18H13Cl2FN2O2. The van der Waals surface area contributed by atoms with Gasteiger partial charge in [0.05, 0.1) is 10.6 Å². The number of nitrogens with one attached hydrogen (secondary N) is 1. The smallest absolute Gasteiger partial charge is 0.257 e. The lowest BCUT2D eigenvalue weighted by Crippen LogP contribution is -2.24. The molecule has 128 valence electrons. The van der Waals surface area contributed by atoms with Crippen LogP contribution in [0.1, 0.15) is 21.7 Å². The molecule has 1 heterocycles. The van der Waals surface area contributed by atoms with E-state index < -0.39 is 11.7 Å². The Morgan fingerprint density at radius 2 is 1.88 bits per heavy atom. The van der Waals surface area contributed by atoms with Gasteiger partial charge in [0.25, 0.3) is 5.91 Å². The summed E-state index contributed by atoms with van der Waals surface area (Å²) < 4.78 is 19.3. The summed E-state index contributed by atoms with van der Waals surface area (Å²) in [5.41, 5.74) is 0.998. The molecule has 0 atom stereocenters. The molecule has 0 saturated carbocycles. The summed E-state index contributed by atoms with van der Waals surface area (Å²) in [6.07, 6.45) is 0. The van der Waals surface area contributed by atoms with Gasteiger partial charge in [-0.1, -0.05) is 52.6 Å². The Morgan fingerprint density at radius 3 is 2.60 bits per heavy atom. The van der Waals surface area contributed by atoms with E-state index >= 15 is 0 Å². The number of aryl methyl sites for hydroxylation is 1. The van der Waals surface area contributed by atoms with Gasteiger partial charge < -0.3 is 9.84 Å². The topological polar surface area (TPSA) is 55.1 Å². The van der Waals surface area contributed by atoms with E-state index in [0.717, 1.165) is 5.56 Å². The Bertz CT molecular complexity index is 920. The predicted molar refractivity (Wildman–Crippen MR) is 94.3 cm³/mol. The number of aromatic nitrogens is 1. The van der Waals surface area contributed by atoms with Crippen molar-refractivity contribution in [2.75, 3.05) is 0 Å². The van der Waals surface area contributed by atoms with Crippen molar-refractivity contribution in [3.05, 3.63) is 75.2 Å². The van der Waals surface area contributed by atoms with E-state index in [4.69, 9.17) is 27.7 Å². The van der Waals surface area contributed by atoms with Crippen molar-refractivity contribution in [1.29, 1.82) is 0 Å². The molecule has 0 radical (unpaired) electrons. The second kappa shape index (κ2) is 7.25. The zero-order valence-corrected chi connectivity index (χ0v) is 14.7. The maximum atomic E-state index is 14.2. The van der Waals surface area contributed by atoms with Gasteiger partial charge in [-0.15, -0.1) is 0 Å². The van der Waals surface area contributed by atoms with Crippen LogP contribution in [0.25, 0.3) is 11.3 Å². The van der Waals surface area contributed by atoms with Crippen molar-refractivity contribution in [2.45, 2.75) is 13.5 Å². The van der Waals surface area contributed by atoms with Crippen molar-refractivity contribution in [3.63, 3.8) is 0 Å². The number of hydrogen-bond acceptors (Lipinski definition) is 3. The van der Waals surface area contributed by atoms with Gasteiger partial charge in [-0.2, -0.15) is 0 Å². The summed E-state index contributed by atoms with van der Waals surface area (Å²) in [6.45, 7) is 1.79. The summed E-state index contributed by atoms with van der Waals surface area (Å²) in [4.78, 5) is 12.6. The summed E-state index contributed by atoms with van der Waals surface area (Å²) in [7, 11) is 0. The predicted octanol–water partition coefficient (Wildman–Crippen LogP) is 5.03. The third-order valence-corrected chi connectivity index (χ3v) is 4.37. The fourth-order valence-corrected chi connectivity index (χ4v) is 2.89. The van der Waals surface area contributed by atoms with Crippen LogP contribution in [0.15, 0.2) is 47.0 Å². The Hall–Kier alpha value is -2.37. The monoisotopic (exact) mass is 378 g/mol. The van der Waals surface area contributed by atoms with Crippen LogP contribution >= 0.6 is 23.2 Å². The van der Waals surface area contributed by atoms with Crippen molar-refractivity contribution >= 4 is 29.1 Å². The molecule has 1 aromatic heterocycles. The highest BCUT2D eigenvalue weighted by Crippen LogP contribution is 2.33. The first kappa shape index (κ1) is 17.5. The van der Waals surface area contributed by atoms with E-state index in [1.807, 2.05) is 6.07 Å². The van der Waals surface area contributed by atoms with Crippen molar-refractivity contribution in [3.8, 4) is 11.3 Å². The molecule has 25 heavy (non-hydrogen) atoms. The average Bonchev–Trinajstić information content (AvgIpc) is 2.95. The largest absolute Gasteiger partial charge is 0.360 e. The van der Waals surface area contributed by atoms with Crippen LogP contribution in [-0.2, 0) is 6.54 Å². The van der Waals surface area contributed by atoms with Crippen LogP contribution in [-0.4, -0.2) is 11.1 Å².